The fourth-order valence-electron chi connectivity index (χ4n) is 2.60. The summed E-state index contributed by atoms with van der Waals surface area (Å²) in [5, 5.41) is 0.0713. The highest BCUT2D eigenvalue weighted by atomic mass is 19.4. The highest BCUT2D eigenvalue weighted by Crippen LogP contribution is 2.38. The summed E-state index contributed by atoms with van der Waals surface area (Å²) in [6, 6.07) is 10.6. The van der Waals surface area contributed by atoms with E-state index in [1.807, 2.05) is 0 Å². The van der Waals surface area contributed by atoms with Gasteiger partial charge >= 0.3 is 6.18 Å². The summed E-state index contributed by atoms with van der Waals surface area (Å²) < 4.78 is 50.5. The van der Waals surface area contributed by atoms with Crippen molar-refractivity contribution in [1.82, 2.24) is 0 Å². The molecule has 0 N–H and O–H groups in total. The Morgan fingerprint density at radius 3 is 2.42 bits per heavy atom. The lowest BCUT2D eigenvalue weighted by Gasteiger charge is -2.14. The molecule has 0 unspecified atom stereocenters. The number of hydrogen-bond acceptors (Lipinski definition) is 3. The minimum atomic E-state index is -4.80. The molecule has 0 bridgehead atoms. The second-order valence-corrected chi connectivity index (χ2v) is 5.31. The van der Waals surface area contributed by atoms with Crippen LogP contribution in [0.25, 0.3) is 22.1 Å². The third kappa shape index (κ3) is 2.64. The van der Waals surface area contributed by atoms with Crippen molar-refractivity contribution in [3.63, 3.8) is 0 Å². The van der Waals surface area contributed by atoms with Gasteiger partial charge in [0.1, 0.15) is 11.3 Å². The van der Waals surface area contributed by atoms with Gasteiger partial charge in [0.15, 0.2) is 0 Å². The molecule has 0 aliphatic carbocycles. The fraction of sp³-hybridized carbons (Fsp3) is 0.167. The Morgan fingerprint density at radius 1 is 1.08 bits per heavy atom. The molecule has 0 saturated heterocycles. The van der Waals surface area contributed by atoms with Crippen molar-refractivity contribution in [2.24, 2.45) is 0 Å². The molecule has 3 rings (SSSR count). The van der Waals surface area contributed by atoms with E-state index in [9.17, 15) is 18.0 Å². The summed E-state index contributed by atoms with van der Waals surface area (Å²) in [6.45, 7) is 1.65. The molecular weight excluding hydrogens is 321 g/mol. The van der Waals surface area contributed by atoms with Crippen molar-refractivity contribution in [2.75, 3.05) is 7.11 Å². The summed E-state index contributed by atoms with van der Waals surface area (Å²) in [4.78, 5) is 12.7. The van der Waals surface area contributed by atoms with Crippen LogP contribution in [0, 0.1) is 6.92 Å². The van der Waals surface area contributed by atoms with E-state index in [0.29, 0.717) is 11.3 Å². The van der Waals surface area contributed by atoms with Crippen molar-refractivity contribution in [3.05, 3.63) is 64.0 Å². The van der Waals surface area contributed by atoms with E-state index in [0.717, 1.165) is 0 Å². The van der Waals surface area contributed by atoms with Gasteiger partial charge in [-0.05, 0) is 30.2 Å². The van der Waals surface area contributed by atoms with Crippen LogP contribution >= 0.6 is 0 Å². The van der Waals surface area contributed by atoms with Crippen molar-refractivity contribution < 1.29 is 22.3 Å². The van der Waals surface area contributed by atoms with Gasteiger partial charge in [-0.25, -0.2) is 0 Å². The fourth-order valence-corrected chi connectivity index (χ4v) is 2.60. The van der Waals surface area contributed by atoms with E-state index in [4.69, 9.17) is 9.15 Å². The predicted octanol–water partition coefficient (Wildman–Crippen LogP) is 4.80. The first-order chi connectivity index (χ1) is 11.3. The molecule has 2 aromatic carbocycles. The number of rotatable bonds is 2. The van der Waals surface area contributed by atoms with E-state index in [2.05, 4.69) is 0 Å². The van der Waals surface area contributed by atoms with Crippen molar-refractivity contribution in [1.29, 1.82) is 0 Å². The van der Waals surface area contributed by atoms with Gasteiger partial charge < -0.3 is 9.15 Å². The number of hydrogen-bond donors (Lipinski definition) is 0. The molecular formula is C18H13F3O3. The zero-order valence-electron chi connectivity index (χ0n) is 12.9. The van der Waals surface area contributed by atoms with Crippen molar-refractivity contribution in [3.8, 4) is 16.9 Å². The first-order valence-corrected chi connectivity index (χ1v) is 7.11. The minimum absolute atomic E-state index is 0.0713. The average Bonchev–Trinajstić information content (AvgIpc) is 2.54. The van der Waals surface area contributed by atoms with Gasteiger partial charge in [0.25, 0.3) is 0 Å². The van der Waals surface area contributed by atoms with Gasteiger partial charge in [0.05, 0.1) is 18.1 Å². The summed E-state index contributed by atoms with van der Waals surface area (Å²) in [5.41, 5.74) is -0.595. The third-order valence-electron chi connectivity index (χ3n) is 3.77. The lowest BCUT2D eigenvalue weighted by molar-refractivity contribution is -0.152. The quantitative estimate of drug-likeness (QED) is 0.676. The first-order valence-electron chi connectivity index (χ1n) is 7.11. The number of aryl methyl sites for hydroxylation is 1. The van der Waals surface area contributed by atoms with Crippen LogP contribution in [0.5, 0.6) is 5.75 Å². The summed E-state index contributed by atoms with van der Waals surface area (Å²) in [5.74, 6) is -0.995. The Bertz CT molecular complexity index is 971. The maximum absolute atomic E-state index is 13.5. The highest BCUT2D eigenvalue weighted by Gasteiger charge is 2.39. The molecule has 0 aliphatic heterocycles. The van der Waals surface area contributed by atoms with Crippen LogP contribution in [0.4, 0.5) is 13.2 Å². The maximum atomic E-state index is 13.5. The van der Waals surface area contributed by atoms with Crippen LogP contribution in [0.3, 0.4) is 0 Å². The molecule has 124 valence electrons. The number of ether oxygens (including phenoxy) is 1. The Hall–Kier alpha value is -2.76. The maximum Gasteiger partial charge on any atom is 0.450 e. The van der Waals surface area contributed by atoms with Crippen LogP contribution in [-0.4, -0.2) is 7.11 Å². The van der Waals surface area contributed by atoms with E-state index >= 15 is 0 Å². The summed E-state index contributed by atoms with van der Waals surface area (Å²) in [7, 11) is 1.38. The smallest absolute Gasteiger partial charge is 0.450 e. The van der Waals surface area contributed by atoms with Crippen LogP contribution < -0.4 is 10.2 Å². The van der Waals surface area contributed by atoms with Crippen LogP contribution in [-0.2, 0) is 6.18 Å². The number of halogens is 3. The normalized spacial score (nSPS) is 11.7. The van der Waals surface area contributed by atoms with Gasteiger partial charge in [-0.3, -0.25) is 4.79 Å². The van der Waals surface area contributed by atoms with Crippen molar-refractivity contribution >= 4 is 11.0 Å². The second kappa shape index (κ2) is 5.70. The molecule has 1 aromatic heterocycles. The Morgan fingerprint density at radius 2 is 1.79 bits per heavy atom. The third-order valence-corrected chi connectivity index (χ3v) is 3.77. The SMILES string of the molecule is COc1ccc2c(=O)c(-c3ccccc3C)c(C(F)(F)F)oc2c1. The first kappa shape index (κ1) is 16.1. The molecule has 0 spiro atoms. The largest absolute Gasteiger partial charge is 0.497 e. The lowest BCUT2D eigenvalue weighted by Crippen LogP contribution is -2.16. The van der Waals surface area contributed by atoms with E-state index < -0.39 is 22.9 Å². The zero-order valence-corrected chi connectivity index (χ0v) is 12.9. The summed E-state index contributed by atoms with van der Waals surface area (Å²) in [6.07, 6.45) is -4.80. The molecule has 0 saturated carbocycles. The van der Waals surface area contributed by atoms with Crippen LogP contribution in [0.2, 0.25) is 0 Å². The van der Waals surface area contributed by atoms with Gasteiger partial charge in [-0.15, -0.1) is 0 Å². The predicted molar refractivity (Wildman–Crippen MR) is 84.2 cm³/mol. The lowest BCUT2D eigenvalue weighted by atomic mass is 9.97. The molecule has 1 heterocycles. The molecule has 6 heteroatoms. The van der Waals surface area contributed by atoms with Gasteiger partial charge in [-0.1, -0.05) is 24.3 Å². The van der Waals surface area contributed by atoms with E-state index in [1.165, 1.54) is 31.4 Å². The van der Waals surface area contributed by atoms with E-state index in [-0.39, 0.29) is 16.5 Å². The highest BCUT2D eigenvalue weighted by molar-refractivity contribution is 5.84. The molecule has 24 heavy (non-hydrogen) atoms. The molecule has 0 atom stereocenters. The van der Waals surface area contributed by atoms with Crippen LogP contribution in [0.15, 0.2) is 51.7 Å². The molecule has 3 nitrogen and oxygen atoms in total. The van der Waals surface area contributed by atoms with E-state index in [1.54, 1.807) is 25.1 Å². The molecule has 0 aliphatic rings. The topological polar surface area (TPSA) is 39.4 Å². The average molecular weight is 334 g/mol. The van der Waals surface area contributed by atoms with Gasteiger partial charge in [-0.2, -0.15) is 13.2 Å². The minimum Gasteiger partial charge on any atom is -0.497 e. The Kier molecular flexibility index (Phi) is 3.83. The van der Waals surface area contributed by atoms with Gasteiger partial charge in [0.2, 0.25) is 11.2 Å². The molecule has 0 amide bonds. The zero-order chi connectivity index (χ0) is 17.5. The standard InChI is InChI=1S/C18H13F3O3/c1-10-5-3-4-6-12(10)15-16(22)13-8-7-11(23-2)9-14(13)24-17(15)18(19,20)21/h3-9H,1-2H3. The monoisotopic (exact) mass is 334 g/mol. The number of alkyl halides is 3. The molecule has 3 aromatic rings. The number of benzene rings is 2. The number of methoxy groups -OCH3 is 1. The number of fused-ring (bicyclic) bond motifs is 1. The second-order valence-electron chi connectivity index (χ2n) is 5.31. The van der Waals surface area contributed by atoms with Gasteiger partial charge in [0, 0.05) is 6.07 Å². The molecule has 0 radical (unpaired) electrons. The Labute approximate surface area is 135 Å². The van der Waals surface area contributed by atoms with Crippen molar-refractivity contribution in [2.45, 2.75) is 13.1 Å². The van der Waals surface area contributed by atoms with Crippen LogP contribution in [0.1, 0.15) is 11.3 Å². The summed E-state index contributed by atoms with van der Waals surface area (Å²) >= 11 is 0. The molecule has 0 fully saturated rings. The Balaban J connectivity index is 2.46.